The van der Waals surface area contributed by atoms with Gasteiger partial charge in [0.2, 0.25) is 0 Å². The Bertz CT molecular complexity index is 493. The molecule has 0 spiro atoms. The van der Waals surface area contributed by atoms with Gasteiger partial charge in [-0.3, -0.25) is 9.59 Å². The number of nitrogens with zero attached hydrogens (tertiary/aromatic N) is 1. The van der Waals surface area contributed by atoms with Gasteiger partial charge in [-0.05, 0) is 45.1 Å². The van der Waals surface area contributed by atoms with Crippen LogP contribution in [0.1, 0.15) is 47.5 Å². The van der Waals surface area contributed by atoms with Crippen LogP contribution in [0.2, 0.25) is 0 Å². The lowest BCUT2D eigenvalue weighted by Gasteiger charge is -2.25. The zero-order chi connectivity index (χ0) is 14.0. The van der Waals surface area contributed by atoms with Gasteiger partial charge in [0, 0.05) is 16.3 Å². The quantitative estimate of drug-likeness (QED) is 0.922. The molecule has 1 amide bonds. The monoisotopic (exact) mass is 281 g/mol. The highest BCUT2D eigenvalue weighted by atomic mass is 32.1. The largest absolute Gasteiger partial charge is 0.480 e. The smallest absolute Gasteiger partial charge is 0.323 e. The molecule has 1 aliphatic rings. The summed E-state index contributed by atoms with van der Waals surface area (Å²) in [4.78, 5) is 26.1. The molecule has 0 fully saturated rings. The summed E-state index contributed by atoms with van der Waals surface area (Å²) in [6.45, 7) is 3.46. The molecule has 1 aromatic heterocycles. The highest BCUT2D eigenvalue weighted by Crippen LogP contribution is 2.31. The molecule has 5 heteroatoms. The molecule has 0 radical (unpaired) electrons. The number of hydrogen-bond acceptors (Lipinski definition) is 3. The Morgan fingerprint density at radius 1 is 1.37 bits per heavy atom. The summed E-state index contributed by atoms with van der Waals surface area (Å²) < 4.78 is 0. The predicted octanol–water partition coefficient (Wildman–Crippen LogP) is 2.56. The van der Waals surface area contributed by atoms with E-state index in [2.05, 4.69) is 0 Å². The van der Waals surface area contributed by atoms with E-state index in [9.17, 15) is 9.59 Å². The van der Waals surface area contributed by atoms with Crippen LogP contribution in [-0.4, -0.2) is 34.5 Å². The number of carbonyl (C=O) groups is 2. The van der Waals surface area contributed by atoms with Crippen LogP contribution in [0.25, 0.3) is 0 Å². The number of aryl methyl sites for hydroxylation is 1. The maximum absolute atomic E-state index is 12.5. The van der Waals surface area contributed by atoms with Crippen molar-refractivity contribution in [2.45, 2.75) is 45.6 Å². The average Bonchev–Trinajstić information content (AvgIpc) is 2.78. The van der Waals surface area contributed by atoms with Crippen LogP contribution < -0.4 is 0 Å². The molecule has 0 saturated heterocycles. The van der Waals surface area contributed by atoms with Crippen LogP contribution in [0.5, 0.6) is 0 Å². The topological polar surface area (TPSA) is 57.6 Å². The summed E-state index contributed by atoms with van der Waals surface area (Å²) in [6.07, 6.45) is 4.29. The SMILES string of the molecule is CC(C)N(CC(=O)O)C(=O)c1csc2c1CCCC2. The first-order chi connectivity index (χ1) is 9.00. The van der Waals surface area contributed by atoms with E-state index in [0.717, 1.165) is 30.4 Å². The van der Waals surface area contributed by atoms with Gasteiger partial charge in [0.05, 0.1) is 5.56 Å². The highest BCUT2D eigenvalue weighted by molar-refractivity contribution is 7.10. The molecule has 1 heterocycles. The van der Waals surface area contributed by atoms with Crippen molar-refractivity contribution in [1.29, 1.82) is 0 Å². The van der Waals surface area contributed by atoms with Crippen LogP contribution in [0.3, 0.4) is 0 Å². The third-order valence-corrected chi connectivity index (χ3v) is 4.57. The summed E-state index contributed by atoms with van der Waals surface area (Å²) >= 11 is 1.63. The van der Waals surface area contributed by atoms with E-state index in [0.29, 0.717) is 0 Å². The molecule has 2 rings (SSSR count). The van der Waals surface area contributed by atoms with E-state index >= 15 is 0 Å². The molecule has 0 bridgehead atoms. The molecule has 1 aromatic rings. The molecular weight excluding hydrogens is 262 g/mol. The summed E-state index contributed by atoms with van der Waals surface area (Å²) in [6, 6.07) is -0.109. The zero-order valence-corrected chi connectivity index (χ0v) is 12.1. The first-order valence-corrected chi connectivity index (χ1v) is 7.50. The molecule has 0 unspecified atom stereocenters. The number of hydrogen-bond donors (Lipinski definition) is 1. The first-order valence-electron chi connectivity index (χ1n) is 6.62. The number of thiophene rings is 1. The fourth-order valence-corrected chi connectivity index (χ4v) is 3.58. The molecule has 0 atom stereocenters. The van der Waals surface area contributed by atoms with Crippen molar-refractivity contribution < 1.29 is 14.7 Å². The van der Waals surface area contributed by atoms with Gasteiger partial charge in [-0.2, -0.15) is 0 Å². The molecular formula is C14H19NO3S. The van der Waals surface area contributed by atoms with Crippen molar-refractivity contribution in [2.75, 3.05) is 6.54 Å². The summed E-state index contributed by atoms with van der Waals surface area (Å²) in [5, 5.41) is 10.8. The van der Waals surface area contributed by atoms with Crippen LogP contribution in [-0.2, 0) is 17.6 Å². The van der Waals surface area contributed by atoms with E-state index < -0.39 is 5.97 Å². The Morgan fingerprint density at radius 2 is 2.05 bits per heavy atom. The van der Waals surface area contributed by atoms with Crippen molar-refractivity contribution in [2.24, 2.45) is 0 Å². The predicted molar refractivity (Wildman–Crippen MR) is 74.8 cm³/mol. The fourth-order valence-electron chi connectivity index (χ4n) is 2.46. The first kappa shape index (κ1) is 14.1. The van der Waals surface area contributed by atoms with Crippen molar-refractivity contribution in [1.82, 2.24) is 4.90 Å². The van der Waals surface area contributed by atoms with Gasteiger partial charge >= 0.3 is 5.97 Å². The lowest BCUT2D eigenvalue weighted by molar-refractivity contribution is -0.138. The lowest BCUT2D eigenvalue weighted by atomic mass is 9.95. The van der Waals surface area contributed by atoms with E-state index in [4.69, 9.17) is 5.11 Å². The average molecular weight is 281 g/mol. The normalized spacial score (nSPS) is 14.3. The summed E-state index contributed by atoms with van der Waals surface area (Å²) in [5.41, 5.74) is 1.87. The number of amides is 1. The third-order valence-electron chi connectivity index (χ3n) is 3.48. The van der Waals surface area contributed by atoms with Crippen LogP contribution >= 0.6 is 11.3 Å². The Kier molecular flexibility index (Phi) is 4.24. The second kappa shape index (κ2) is 5.74. The Balaban J connectivity index is 2.26. The van der Waals surface area contributed by atoms with Gasteiger partial charge in [-0.25, -0.2) is 0 Å². The number of fused-ring (bicyclic) bond motifs is 1. The van der Waals surface area contributed by atoms with Gasteiger partial charge in [-0.1, -0.05) is 0 Å². The number of carbonyl (C=O) groups excluding carboxylic acids is 1. The van der Waals surface area contributed by atoms with E-state index in [-0.39, 0.29) is 18.5 Å². The van der Waals surface area contributed by atoms with Gasteiger partial charge in [0.1, 0.15) is 6.54 Å². The molecule has 0 aliphatic heterocycles. The Hall–Kier alpha value is -1.36. The molecule has 0 saturated carbocycles. The van der Waals surface area contributed by atoms with Crippen molar-refractivity contribution in [3.8, 4) is 0 Å². The van der Waals surface area contributed by atoms with Crippen molar-refractivity contribution in [3.63, 3.8) is 0 Å². The standard InChI is InChI=1S/C14H19NO3S/c1-9(2)15(7-13(16)17)14(18)11-8-19-12-6-4-3-5-10(11)12/h8-9H,3-7H2,1-2H3,(H,16,17). The molecule has 0 aromatic carbocycles. The Labute approximate surface area is 117 Å². The maximum atomic E-state index is 12.5. The van der Waals surface area contributed by atoms with Gasteiger partial charge < -0.3 is 10.0 Å². The summed E-state index contributed by atoms with van der Waals surface area (Å²) in [7, 11) is 0. The summed E-state index contributed by atoms with van der Waals surface area (Å²) in [5.74, 6) is -1.11. The second-order valence-corrected chi connectivity index (χ2v) is 6.14. The molecule has 104 valence electrons. The van der Waals surface area contributed by atoms with Gasteiger partial charge in [0.15, 0.2) is 0 Å². The molecule has 4 nitrogen and oxygen atoms in total. The number of carboxylic acid groups (broad SMARTS) is 1. The number of aliphatic carboxylic acids is 1. The maximum Gasteiger partial charge on any atom is 0.323 e. The van der Waals surface area contributed by atoms with Crippen molar-refractivity contribution >= 4 is 23.2 Å². The molecule has 1 N–H and O–H groups in total. The van der Waals surface area contributed by atoms with Crippen LogP contribution in [0.15, 0.2) is 5.38 Å². The van der Waals surface area contributed by atoms with E-state index in [1.807, 2.05) is 19.2 Å². The zero-order valence-electron chi connectivity index (χ0n) is 11.3. The Morgan fingerprint density at radius 3 is 2.68 bits per heavy atom. The number of carboxylic acids is 1. The van der Waals surface area contributed by atoms with E-state index in [1.54, 1.807) is 11.3 Å². The molecule has 19 heavy (non-hydrogen) atoms. The van der Waals surface area contributed by atoms with E-state index in [1.165, 1.54) is 16.2 Å². The molecule has 1 aliphatic carbocycles. The lowest BCUT2D eigenvalue weighted by Crippen LogP contribution is -2.40. The van der Waals surface area contributed by atoms with Gasteiger partial charge in [0.25, 0.3) is 5.91 Å². The third kappa shape index (κ3) is 2.97. The minimum absolute atomic E-state index is 0.109. The minimum atomic E-state index is -0.967. The number of rotatable bonds is 4. The fraction of sp³-hybridized carbons (Fsp3) is 0.571. The van der Waals surface area contributed by atoms with Crippen molar-refractivity contribution in [3.05, 3.63) is 21.4 Å². The van der Waals surface area contributed by atoms with Gasteiger partial charge in [-0.15, -0.1) is 11.3 Å². The van der Waals surface area contributed by atoms with Crippen LogP contribution in [0.4, 0.5) is 0 Å². The highest BCUT2D eigenvalue weighted by Gasteiger charge is 2.26. The minimum Gasteiger partial charge on any atom is -0.480 e. The van der Waals surface area contributed by atoms with Crippen LogP contribution in [0, 0.1) is 0 Å². The second-order valence-electron chi connectivity index (χ2n) is 5.18.